The summed E-state index contributed by atoms with van der Waals surface area (Å²) in [6.45, 7) is 2.08. The number of hydrogen-bond donors (Lipinski definition) is 0. The molecule has 140 valence electrons. The Morgan fingerprint density at radius 2 is 1.86 bits per heavy atom. The summed E-state index contributed by atoms with van der Waals surface area (Å²) >= 11 is 0. The topological polar surface area (TPSA) is 22.1 Å². The minimum atomic E-state index is -4.47. The van der Waals surface area contributed by atoms with Crippen molar-refractivity contribution in [3.8, 4) is 16.9 Å². The summed E-state index contributed by atoms with van der Waals surface area (Å²) in [5, 5.41) is 2.16. The van der Waals surface area contributed by atoms with E-state index >= 15 is 0 Å². The predicted molar refractivity (Wildman–Crippen MR) is 104 cm³/mol. The third-order valence-electron chi connectivity index (χ3n) is 5.37. The summed E-state index contributed by atoms with van der Waals surface area (Å²) < 4.78 is 48.1. The largest absolute Gasteiger partial charge is 0.493 e. The lowest BCUT2D eigenvalue weighted by atomic mass is 9.87. The average Bonchev–Trinajstić information content (AvgIpc) is 2.67. The number of aryl methyl sites for hydroxylation is 1. The van der Waals surface area contributed by atoms with Gasteiger partial charge >= 0.3 is 6.18 Å². The highest BCUT2D eigenvalue weighted by Gasteiger charge is 2.37. The van der Waals surface area contributed by atoms with Gasteiger partial charge in [0.2, 0.25) is 0 Å². The summed E-state index contributed by atoms with van der Waals surface area (Å²) in [5.41, 5.74) is 1.88. The molecule has 3 aromatic carbocycles. The van der Waals surface area contributed by atoms with Crippen LogP contribution in [0.1, 0.15) is 16.7 Å². The van der Waals surface area contributed by atoms with E-state index in [0.29, 0.717) is 28.8 Å². The second kappa shape index (κ2) is 5.96. The van der Waals surface area contributed by atoms with Gasteiger partial charge in [-0.05, 0) is 47.0 Å². The fourth-order valence-electron chi connectivity index (χ4n) is 4.24. The first-order valence-corrected chi connectivity index (χ1v) is 9.08. The molecule has 0 fully saturated rings. The summed E-state index contributed by atoms with van der Waals surface area (Å²) in [4.78, 5) is 4.47. The van der Waals surface area contributed by atoms with E-state index < -0.39 is 11.7 Å². The molecule has 28 heavy (non-hydrogen) atoms. The van der Waals surface area contributed by atoms with Crippen LogP contribution in [0.25, 0.3) is 32.8 Å². The van der Waals surface area contributed by atoms with E-state index in [1.54, 1.807) is 36.5 Å². The Morgan fingerprint density at radius 3 is 2.68 bits per heavy atom. The van der Waals surface area contributed by atoms with Crippen molar-refractivity contribution in [3.63, 3.8) is 0 Å². The van der Waals surface area contributed by atoms with Crippen LogP contribution >= 0.6 is 0 Å². The van der Waals surface area contributed by atoms with E-state index in [9.17, 15) is 13.2 Å². The van der Waals surface area contributed by atoms with Crippen molar-refractivity contribution in [3.05, 3.63) is 71.4 Å². The highest BCUT2D eigenvalue weighted by molar-refractivity contribution is 6.08. The van der Waals surface area contributed by atoms with Gasteiger partial charge in [-0.2, -0.15) is 13.2 Å². The Morgan fingerprint density at radius 1 is 1.04 bits per heavy atom. The van der Waals surface area contributed by atoms with Crippen LogP contribution in [0.2, 0.25) is 0 Å². The lowest BCUT2D eigenvalue weighted by Crippen LogP contribution is -2.12. The molecule has 0 amide bonds. The molecule has 0 aliphatic carbocycles. The maximum absolute atomic E-state index is 14.1. The number of rotatable bonds is 1. The Kier molecular flexibility index (Phi) is 3.63. The molecule has 1 aliphatic rings. The van der Waals surface area contributed by atoms with Crippen LogP contribution in [0.4, 0.5) is 13.2 Å². The van der Waals surface area contributed by atoms with E-state index in [1.807, 2.05) is 18.2 Å². The molecule has 0 atom stereocenters. The fraction of sp³-hybridized carbons (Fsp3) is 0.174. The summed E-state index contributed by atoms with van der Waals surface area (Å²) in [7, 11) is 0. The second-order valence-electron chi connectivity index (χ2n) is 7.07. The molecule has 0 saturated heterocycles. The molecule has 2 heterocycles. The third kappa shape index (κ3) is 2.46. The monoisotopic (exact) mass is 379 g/mol. The first kappa shape index (κ1) is 17.0. The molecule has 1 aromatic heterocycles. The Hall–Kier alpha value is -3.08. The summed E-state index contributed by atoms with van der Waals surface area (Å²) in [6.07, 6.45) is -2.09. The number of fused-ring (bicyclic) bond motifs is 1. The first-order valence-electron chi connectivity index (χ1n) is 9.08. The number of ether oxygens (including phenoxy) is 1. The minimum Gasteiger partial charge on any atom is -0.493 e. The van der Waals surface area contributed by atoms with Crippen LogP contribution in [0, 0.1) is 6.92 Å². The quantitative estimate of drug-likeness (QED) is 0.386. The molecule has 0 N–H and O–H groups in total. The summed E-state index contributed by atoms with van der Waals surface area (Å²) in [5.74, 6) is 0.679. The van der Waals surface area contributed by atoms with Gasteiger partial charge in [0.25, 0.3) is 0 Å². The van der Waals surface area contributed by atoms with Gasteiger partial charge in [-0.3, -0.25) is 4.98 Å². The predicted octanol–water partition coefficient (Wildman–Crippen LogP) is 6.32. The molecule has 5 rings (SSSR count). The first-order chi connectivity index (χ1) is 13.4. The van der Waals surface area contributed by atoms with Gasteiger partial charge in [0.15, 0.2) is 0 Å². The molecule has 0 radical (unpaired) electrons. The van der Waals surface area contributed by atoms with Crippen molar-refractivity contribution in [2.45, 2.75) is 19.5 Å². The molecule has 0 saturated carbocycles. The van der Waals surface area contributed by atoms with E-state index in [0.717, 1.165) is 22.8 Å². The van der Waals surface area contributed by atoms with E-state index in [4.69, 9.17) is 4.74 Å². The molecule has 0 unspecified atom stereocenters. The van der Waals surface area contributed by atoms with E-state index in [1.165, 1.54) is 6.92 Å². The molecular weight excluding hydrogens is 363 g/mol. The zero-order valence-electron chi connectivity index (χ0n) is 15.1. The zero-order chi connectivity index (χ0) is 19.5. The van der Waals surface area contributed by atoms with Crippen molar-refractivity contribution in [1.82, 2.24) is 4.98 Å². The molecule has 0 spiro atoms. The minimum absolute atomic E-state index is 0.185. The van der Waals surface area contributed by atoms with Crippen LogP contribution < -0.4 is 4.74 Å². The number of aromatic nitrogens is 1. The third-order valence-corrected chi connectivity index (χ3v) is 5.37. The fourth-order valence-corrected chi connectivity index (χ4v) is 4.24. The van der Waals surface area contributed by atoms with E-state index in [2.05, 4.69) is 4.98 Å². The van der Waals surface area contributed by atoms with E-state index in [-0.39, 0.29) is 11.1 Å². The highest BCUT2D eigenvalue weighted by atomic mass is 19.4. The van der Waals surface area contributed by atoms with Crippen molar-refractivity contribution in [1.29, 1.82) is 0 Å². The normalized spacial score (nSPS) is 13.7. The van der Waals surface area contributed by atoms with Crippen molar-refractivity contribution >= 4 is 21.7 Å². The van der Waals surface area contributed by atoms with Crippen LogP contribution in [-0.4, -0.2) is 11.6 Å². The van der Waals surface area contributed by atoms with Crippen LogP contribution in [0.15, 0.2) is 54.7 Å². The van der Waals surface area contributed by atoms with Gasteiger partial charge in [-0.15, -0.1) is 0 Å². The van der Waals surface area contributed by atoms with Gasteiger partial charge in [0, 0.05) is 29.1 Å². The maximum atomic E-state index is 14.1. The average molecular weight is 379 g/mol. The number of halogens is 3. The number of hydrogen-bond acceptors (Lipinski definition) is 2. The Balaban J connectivity index is 1.97. The number of pyridine rings is 1. The van der Waals surface area contributed by atoms with Gasteiger partial charge in [0.05, 0.1) is 17.7 Å². The SMILES string of the molecule is Cc1cc2ccccc2c(-c2ccc3c4c(ccnc24)CCO3)c1C(F)(F)F. The van der Waals surface area contributed by atoms with Gasteiger partial charge < -0.3 is 4.74 Å². The number of alkyl halides is 3. The Bertz CT molecular complexity index is 1230. The highest BCUT2D eigenvalue weighted by Crippen LogP contribution is 2.46. The van der Waals surface area contributed by atoms with Gasteiger partial charge in [-0.1, -0.05) is 30.3 Å². The number of benzene rings is 3. The van der Waals surface area contributed by atoms with Gasteiger partial charge in [-0.25, -0.2) is 0 Å². The standard InChI is InChI=1S/C23H16F3NO/c1-13-12-15-4-2-3-5-16(15)20(21(13)23(24,25)26)17-6-7-18-19-14(9-11-28-18)8-10-27-22(17)19/h2-8,10,12H,9,11H2,1H3. The summed E-state index contributed by atoms with van der Waals surface area (Å²) in [6, 6.07) is 14.2. The molecular formula is C23H16F3NO. The van der Waals surface area contributed by atoms with Crippen molar-refractivity contribution in [2.24, 2.45) is 0 Å². The lowest BCUT2D eigenvalue weighted by molar-refractivity contribution is -0.137. The molecule has 4 aromatic rings. The molecule has 2 nitrogen and oxygen atoms in total. The maximum Gasteiger partial charge on any atom is 0.417 e. The Labute approximate surface area is 159 Å². The zero-order valence-corrected chi connectivity index (χ0v) is 15.1. The molecule has 5 heteroatoms. The second-order valence-corrected chi connectivity index (χ2v) is 7.07. The van der Waals surface area contributed by atoms with Crippen LogP contribution in [0.5, 0.6) is 5.75 Å². The van der Waals surface area contributed by atoms with Crippen molar-refractivity contribution in [2.75, 3.05) is 6.61 Å². The lowest BCUT2D eigenvalue weighted by Gasteiger charge is -2.22. The molecule has 0 bridgehead atoms. The number of nitrogens with zero attached hydrogens (tertiary/aromatic N) is 1. The van der Waals surface area contributed by atoms with Crippen LogP contribution in [0.3, 0.4) is 0 Å². The molecule has 1 aliphatic heterocycles. The van der Waals surface area contributed by atoms with Gasteiger partial charge in [0.1, 0.15) is 5.75 Å². The van der Waals surface area contributed by atoms with Crippen molar-refractivity contribution < 1.29 is 17.9 Å². The smallest absolute Gasteiger partial charge is 0.417 e. The van der Waals surface area contributed by atoms with Crippen LogP contribution in [-0.2, 0) is 12.6 Å².